The molecule has 3 aromatic carbocycles. The van der Waals surface area contributed by atoms with Crippen LogP contribution < -0.4 is 16.2 Å². The number of nitrogen functional groups attached to an aromatic ring is 2. The van der Waals surface area contributed by atoms with Crippen LogP contribution in [0.2, 0.25) is 0 Å². The second-order valence-electron chi connectivity index (χ2n) is 6.91. The summed E-state index contributed by atoms with van der Waals surface area (Å²) >= 11 is 3.49. The van der Waals surface area contributed by atoms with Crippen molar-refractivity contribution in [1.29, 1.82) is 5.26 Å². The molecular weight excluding hydrogens is 428 g/mol. The molecule has 1 aliphatic heterocycles. The van der Waals surface area contributed by atoms with Gasteiger partial charge in [0.15, 0.2) is 0 Å². The lowest BCUT2D eigenvalue weighted by Crippen LogP contribution is -2.17. The summed E-state index contributed by atoms with van der Waals surface area (Å²) in [5.41, 5.74) is 15.6. The van der Waals surface area contributed by atoms with Crippen molar-refractivity contribution in [2.75, 3.05) is 11.5 Å². The van der Waals surface area contributed by atoms with E-state index in [1.165, 1.54) is 0 Å². The van der Waals surface area contributed by atoms with E-state index >= 15 is 0 Å². The third kappa shape index (κ3) is 2.63. The number of nitriles is 1. The van der Waals surface area contributed by atoms with Crippen LogP contribution in [0.1, 0.15) is 28.2 Å². The van der Waals surface area contributed by atoms with Gasteiger partial charge in [0.2, 0.25) is 5.88 Å². The zero-order valence-corrected chi connectivity index (χ0v) is 16.8. The van der Waals surface area contributed by atoms with Gasteiger partial charge in [-0.1, -0.05) is 64.5 Å². The minimum absolute atomic E-state index is 0.0713. The fourth-order valence-corrected chi connectivity index (χ4v) is 4.21. The molecule has 29 heavy (non-hydrogen) atoms. The Hall–Kier alpha value is -3.56. The molecule has 0 bridgehead atoms. The molecule has 0 aliphatic carbocycles. The predicted molar refractivity (Wildman–Crippen MR) is 117 cm³/mol. The molecule has 1 aliphatic rings. The number of pyridine rings is 1. The molecule has 0 spiro atoms. The van der Waals surface area contributed by atoms with Crippen molar-refractivity contribution in [1.82, 2.24) is 4.98 Å². The number of nitrogens with two attached hydrogens (primary N) is 2. The van der Waals surface area contributed by atoms with Crippen LogP contribution in [0, 0.1) is 11.3 Å². The van der Waals surface area contributed by atoms with Crippen molar-refractivity contribution in [3.8, 4) is 17.7 Å². The summed E-state index contributed by atoms with van der Waals surface area (Å²) in [5.74, 6) is 0.920. The Morgan fingerprint density at radius 2 is 1.76 bits per heavy atom. The molecule has 140 valence electrons. The van der Waals surface area contributed by atoms with Crippen molar-refractivity contribution in [2.24, 2.45) is 0 Å². The van der Waals surface area contributed by atoms with Crippen LogP contribution in [-0.4, -0.2) is 4.98 Å². The average Bonchev–Trinajstić information content (AvgIpc) is 2.73. The highest BCUT2D eigenvalue weighted by atomic mass is 79.9. The second-order valence-corrected chi connectivity index (χ2v) is 7.82. The van der Waals surface area contributed by atoms with Gasteiger partial charge in [0.25, 0.3) is 0 Å². The maximum Gasteiger partial charge on any atom is 0.227 e. The first-order chi connectivity index (χ1) is 14.1. The van der Waals surface area contributed by atoms with Crippen molar-refractivity contribution in [2.45, 2.75) is 5.92 Å². The van der Waals surface area contributed by atoms with Crippen LogP contribution in [0.3, 0.4) is 0 Å². The van der Waals surface area contributed by atoms with Crippen LogP contribution in [-0.2, 0) is 0 Å². The smallest absolute Gasteiger partial charge is 0.227 e. The monoisotopic (exact) mass is 442 g/mol. The molecule has 5 rings (SSSR count). The minimum Gasteiger partial charge on any atom is -0.438 e. The Kier molecular flexibility index (Phi) is 3.93. The van der Waals surface area contributed by atoms with Crippen LogP contribution in [0.15, 0.2) is 65.1 Å². The molecule has 5 nitrogen and oxygen atoms in total. The minimum atomic E-state index is -0.230. The molecule has 6 heteroatoms. The Balaban J connectivity index is 1.87. The topological polar surface area (TPSA) is 98.0 Å². The van der Waals surface area contributed by atoms with Crippen LogP contribution in [0.4, 0.5) is 11.5 Å². The highest BCUT2D eigenvalue weighted by molar-refractivity contribution is 9.10. The largest absolute Gasteiger partial charge is 0.438 e. The highest BCUT2D eigenvalue weighted by Gasteiger charge is 2.34. The standard InChI is InChI=1S/C23H15BrN4O/c24-14-8-5-13(6-9-14)18-16-10-7-12-3-1-2-4-15(12)21(16)29-23-19(18)20(26)17(11-25)22(27)28-23/h1-10,18H,(H4,26,27,28)/t18-/m0/s1. The van der Waals surface area contributed by atoms with E-state index in [1.54, 1.807) is 0 Å². The third-order valence-electron chi connectivity index (χ3n) is 5.29. The molecule has 0 saturated heterocycles. The van der Waals surface area contributed by atoms with E-state index in [4.69, 9.17) is 16.2 Å². The summed E-state index contributed by atoms with van der Waals surface area (Å²) in [5, 5.41) is 11.6. The second kappa shape index (κ2) is 6.50. The van der Waals surface area contributed by atoms with Gasteiger partial charge in [-0.15, -0.1) is 0 Å². The first kappa shape index (κ1) is 17.5. The van der Waals surface area contributed by atoms with Crippen LogP contribution in [0.5, 0.6) is 11.6 Å². The Morgan fingerprint density at radius 1 is 1.00 bits per heavy atom. The summed E-state index contributed by atoms with van der Waals surface area (Å²) in [6.07, 6.45) is 0. The lowest BCUT2D eigenvalue weighted by atomic mass is 9.81. The maximum atomic E-state index is 9.53. The number of rotatable bonds is 1. The molecule has 1 atom stereocenters. The van der Waals surface area contributed by atoms with Gasteiger partial charge in [-0.05, 0) is 23.1 Å². The Labute approximate surface area is 175 Å². The zero-order chi connectivity index (χ0) is 20.1. The van der Waals surface area contributed by atoms with E-state index in [0.29, 0.717) is 17.1 Å². The Morgan fingerprint density at radius 3 is 2.52 bits per heavy atom. The molecule has 4 aromatic rings. The van der Waals surface area contributed by atoms with Gasteiger partial charge in [-0.2, -0.15) is 10.2 Å². The number of ether oxygens (including phenoxy) is 1. The number of hydrogen-bond donors (Lipinski definition) is 2. The van der Waals surface area contributed by atoms with Gasteiger partial charge >= 0.3 is 0 Å². The maximum absolute atomic E-state index is 9.53. The number of aromatic nitrogens is 1. The summed E-state index contributed by atoms with van der Waals surface area (Å²) in [4.78, 5) is 4.39. The zero-order valence-electron chi connectivity index (χ0n) is 15.2. The molecule has 0 radical (unpaired) electrons. The van der Waals surface area contributed by atoms with Crippen LogP contribution >= 0.6 is 15.9 Å². The fourth-order valence-electron chi connectivity index (χ4n) is 3.94. The number of anilines is 2. The van der Waals surface area contributed by atoms with Crippen molar-refractivity contribution in [3.05, 3.63) is 87.4 Å². The molecule has 0 saturated carbocycles. The average molecular weight is 443 g/mol. The lowest BCUT2D eigenvalue weighted by Gasteiger charge is -2.30. The lowest BCUT2D eigenvalue weighted by molar-refractivity contribution is 0.440. The van der Waals surface area contributed by atoms with Gasteiger partial charge in [0.05, 0.1) is 11.3 Å². The first-order valence-corrected chi connectivity index (χ1v) is 9.81. The van der Waals surface area contributed by atoms with Crippen molar-refractivity contribution in [3.63, 3.8) is 0 Å². The van der Waals surface area contributed by atoms with E-state index < -0.39 is 0 Å². The number of nitrogens with zero attached hydrogens (tertiary/aromatic N) is 2. The third-order valence-corrected chi connectivity index (χ3v) is 5.82. The summed E-state index contributed by atoms with van der Waals surface area (Å²) < 4.78 is 7.22. The highest BCUT2D eigenvalue weighted by Crippen LogP contribution is 2.52. The van der Waals surface area contributed by atoms with Gasteiger partial charge in [-0.25, -0.2) is 0 Å². The van der Waals surface area contributed by atoms with Gasteiger partial charge in [-0.3, -0.25) is 0 Å². The number of benzene rings is 3. The van der Waals surface area contributed by atoms with E-state index in [0.717, 1.165) is 32.1 Å². The van der Waals surface area contributed by atoms with E-state index in [1.807, 2.05) is 48.5 Å². The SMILES string of the molecule is N#Cc1c(N)nc2c(c1N)[C@@H](c1ccc(Br)cc1)c1ccc3ccccc3c1O2. The predicted octanol–water partition coefficient (Wildman–Crippen LogP) is 5.32. The van der Waals surface area contributed by atoms with Crippen molar-refractivity contribution < 1.29 is 4.74 Å². The fraction of sp³-hybridized carbons (Fsp3) is 0.0435. The summed E-state index contributed by atoms with van der Waals surface area (Å²) in [7, 11) is 0. The molecule has 0 unspecified atom stereocenters. The molecule has 0 fully saturated rings. The van der Waals surface area contributed by atoms with Gasteiger partial charge < -0.3 is 16.2 Å². The number of halogens is 1. The van der Waals surface area contributed by atoms with Gasteiger partial charge in [0.1, 0.15) is 23.2 Å². The molecule has 0 amide bonds. The number of fused-ring (bicyclic) bond motifs is 4. The normalized spacial score (nSPS) is 14.6. The molecule has 1 aromatic heterocycles. The molecular formula is C23H15BrN4O. The number of hydrogen-bond acceptors (Lipinski definition) is 5. The van der Waals surface area contributed by atoms with E-state index in [9.17, 15) is 5.26 Å². The molecule has 4 N–H and O–H groups in total. The quantitative estimate of drug-likeness (QED) is 0.366. The first-order valence-electron chi connectivity index (χ1n) is 9.02. The summed E-state index contributed by atoms with van der Waals surface area (Å²) in [6, 6.07) is 22.3. The van der Waals surface area contributed by atoms with Crippen molar-refractivity contribution >= 4 is 38.2 Å². The van der Waals surface area contributed by atoms with Gasteiger partial charge in [0, 0.05) is 21.3 Å². The van der Waals surface area contributed by atoms with E-state index in [-0.39, 0.29) is 17.3 Å². The van der Waals surface area contributed by atoms with Crippen LogP contribution in [0.25, 0.3) is 10.8 Å². The Bertz CT molecular complexity index is 1330. The molecule has 2 heterocycles. The summed E-state index contributed by atoms with van der Waals surface area (Å²) in [6.45, 7) is 0. The van der Waals surface area contributed by atoms with E-state index in [2.05, 4.69) is 39.1 Å².